The van der Waals surface area contributed by atoms with Gasteiger partial charge in [0, 0.05) is 32.2 Å². The van der Waals surface area contributed by atoms with E-state index >= 15 is 0 Å². The van der Waals surface area contributed by atoms with Crippen LogP contribution in [0.25, 0.3) is 5.69 Å². The molecule has 0 atom stereocenters. The van der Waals surface area contributed by atoms with E-state index in [4.69, 9.17) is 0 Å². The van der Waals surface area contributed by atoms with E-state index in [-0.39, 0.29) is 5.56 Å². The molecule has 0 saturated carbocycles. The fourth-order valence-corrected chi connectivity index (χ4v) is 5.37. The molecule has 0 amide bonds. The number of hydrogen-bond donors (Lipinski definition) is 0. The predicted molar refractivity (Wildman–Crippen MR) is 117 cm³/mol. The number of hydrogen-bond acceptors (Lipinski definition) is 5. The van der Waals surface area contributed by atoms with E-state index in [2.05, 4.69) is 5.10 Å². The topological polar surface area (TPSA) is 75.5 Å². The highest BCUT2D eigenvalue weighted by molar-refractivity contribution is 7.89. The van der Waals surface area contributed by atoms with Gasteiger partial charge >= 0.3 is 0 Å². The molecule has 30 heavy (non-hydrogen) atoms. The van der Waals surface area contributed by atoms with E-state index in [9.17, 15) is 13.2 Å². The van der Waals surface area contributed by atoms with Gasteiger partial charge in [-0.1, -0.05) is 36.4 Å². The SMILES string of the molecule is Cc1ccccc1S(=O)(=O)N1CCCN(c2ccc(=O)n(-c3ccccc3)n2)CC1. The zero-order chi connectivity index (χ0) is 21.1. The van der Waals surface area contributed by atoms with Gasteiger partial charge in [0.2, 0.25) is 10.0 Å². The molecular formula is C22H24N4O3S. The van der Waals surface area contributed by atoms with Crippen LogP contribution >= 0.6 is 0 Å². The Morgan fingerprint density at radius 1 is 0.833 bits per heavy atom. The number of nitrogens with zero attached hydrogens (tertiary/aromatic N) is 4. The number of aryl methyl sites for hydroxylation is 1. The molecule has 1 fully saturated rings. The Kier molecular flexibility index (Phi) is 5.69. The molecule has 2 aromatic carbocycles. The van der Waals surface area contributed by atoms with Gasteiger partial charge in [0.1, 0.15) is 5.82 Å². The number of anilines is 1. The second kappa shape index (κ2) is 8.41. The quantitative estimate of drug-likeness (QED) is 0.643. The number of benzene rings is 2. The number of rotatable bonds is 4. The summed E-state index contributed by atoms with van der Waals surface area (Å²) in [6.07, 6.45) is 0.678. The van der Waals surface area contributed by atoms with E-state index < -0.39 is 10.0 Å². The van der Waals surface area contributed by atoms with Crippen LogP contribution < -0.4 is 10.5 Å². The Balaban J connectivity index is 1.57. The van der Waals surface area contributed by atoms with Crippen molar-refractivity contribution < 1.29 is 8.42 Å². The molecule has 2 heterocycles. The number of sulfonamides is 1. The summed E-state index contributed by atoms with van der Waals surface area (Å²) in [6.45, 7) is 3.80. The first-order valence-corrected chi connectivity index (χ1v) is 11.4. The highest BCUT2D eigenvalue weighted by Gasteiger charge is 2.28. The first kappa shape index (κ1) is 20.3. The zero-order valence-corrected chi connectivity index (χ0v) is 17.6. The van der Waals surface area contributed by atoms with Gasteiger partial charge in [-0.3, -0.25) is 4.79 Å². The smallest absolute Gasteiger partial charge is 0.271 e. The maximum Gasteiger partial charge on any atom is 0.271 e. The molecule has 0 N–H and O–H groups in total. The van der Waals surface area contributed by atoms with Gasteiger partial charge in [0.25, 0.3) is 5.56 Å². The third-order valence-corrected chi connectivity index (χ3v) is 7.34. The summed E-state index contributed by atoms with van der Waals surface area (Å²) in [5.41, 5.74) is 1.24. The molecule has 3 aromatic rings. The van der Waals surface area contributed by atoms with Crippen LogP contribution in [0.5, 0.6) is 0 Å². The maximum atomic E-state index is 13.1. The normalized spacial score (nSPS) is 15.7. The molecule has 0 radical (unpaired) electrons. The largest absolute Gasteiger partial charge is 0.354 e. The van der Waals surface area contributed by atoms with Gasteiger partial charge in [0.05, 0.1) is 10.6 Å². The van der Waals surface area contributed by atoms with Crippen molar-refractivity contribution >= 4 is 15.8 Å². The van der Waals surface area contributed by atoms with E-state index in [1.807, 2.05) is 54.3 Å². The van der Waals surface area contributed by atoms with Crippen LogP contribution in [-0.2, 0) is 10.0 Å². The molecular weight excluding hydrogens is 400 g/mol. The van der Waals surface area contributed by atoms with E-state index in [1.54, 1.807) is 22.5 Å². The van der Waals surface area contributed by atoms with Crippen LogP contribution in [0.2, 0.25) is 0 Å². The first-order valence-electron chi connectivity index (χ1n) is 9.93. The van der Waals surface area contributed by atoms with Crippen LogP contribution in [0, 0.1) is 6.92 Å². The minimum Gasteiger partial charge on any atom is -0.354 e. The Bertz CT molecular complexity index is 1190. The molecule has 156 valence electrons. The second-order valence-electron chi connectivity index (χ2n) is 7.29. The monoisotopic (exact) mass is 424 g/mol. The molecule has 1 saturated heterocycles. The third-order valence-electron chi connectivity index (χ3n) is 5.28. The second-order valence-corrected chi connectivity index (χ2v) is 9.19. The highest BCUT2D eigenvalue weighted by Crippen LogP contribution is 2.22. The van der Waals surface area contributed by atoms with Crippen LogP contribution in [0.1, 0.15) is 12.0 Å². The Labute approximate surface area is 176 Å². The molecule has 8 heteroatoms. The fourth-order valence-electron chi connectivity index (χ4n) is 3.67. The van der Waals surface area contributed by atoms with Crippen LogP contribution in [-0.4, -0.2) is 48.7 Å². The van der Waals surface area contributed by atoms with Crippen molar-refractivity contribution in [2.24, 2.45) is 0 Å². The lowest BCUT2D eigenvalue weighted by molar-refractivity contribution is 0.432. The van der Waals surface area contributed by atoms with E-state index in [0.29, 0.717) is 49.0 Å². The molecule has 1 aliphatic rings. The van der Waals surface area contributed by atoms with Crippen molar-refractivity contribution in [2.75, 3.05) is 31.1 Å². The molecule has 0 unspecified atom stereocenters. The van der Waals surface area contributed by atoms with Crippen LogP contribution in [0.15, 0.2) is 76.4 Å². The summed E-state index contributed by atoms with van der Waals surface area (Å²) in [5, 5.41) is 4.53. The number of aromatic nitrogens is 2. The van der Waals surface area contributed by atoms with Gasteiger partial charge in [0.15, 0.2) is 0 Å². The lowest BCUT2D eigenvalue weighted by Crippen LogP contribution is -2.36. The molecule has 1 aromatic heterocycles. The standard InChI is InChI=1S/C22H24N4O3S/c1-18-8-5-6-11-20(18)30(28,29)25-15-7-14-24(16-17-25)21-12-13-22(27)26(23-21)19-9-3-2-4-10-19/h2-6,8-13H,7,14-17H2,1H3. The summed E-state index contributed by atoms with van der Waals surface area (Å²) in [7, 11) is -3.55. The van der Waals surface area contributed by atoms with Crippen molar-refractivity contribution in [2.45, 2.75) is 18.2 Å². The van der Waals surface area contributed by atoms with Crippen LogP contribution in [0.4, 0.5) is 5.82 Å². The Morgan fingerprint density at radius 3 is 2.33 bits per heavy atom. The van der Waals surface area contributed by atoms with Crippen molar-refractivity contribution in [3.63, 3.8) is 0 Å². The average molecular weight is 425 g/mol. The maximum absolute atomic E-state index is 13.1. The van der Waals surface area contributed by atoms with Crippen molar-refractivity contribution in [3.05, 3.63) is 82.6 Å². The molecule has 4 rings (SSSR count). The van der Waals surface area contributed by atoms with Gasteiger partial charge in [-0.25, -0.2) is 8.42 Å². The Hall–Kier alpha value is -2.97. The third kappa shape index (κ3) is 4.01. The lowest BCUT2D eigenvalue weighted by atomic mass is 10.2. The van der Waals surface area contributed by atoms with Crippen molar-refractivity contribution in [1.82, 2.24) is 14.1 Å². The number of para-hydroxylation sites is 1. The van der Waals surface area contributed by atoms with Crippen LogP contribution in [0.3, 0.4) is 0 Å². The lowest BCUT2D eigenvalue weighted by Gasteiger charge is -2.23. The van der Waals surface area contributed by atoms with Crippen molar-refractivity contribution in [1.29, 1.82) is 0 Å². The Morgan fingerprint density at radius 2 is 1.57 bits per heavy atom. The first-order chi connectivity index (χ1) is 14.5. The predicted octanol–water partition coefficient (Wildman–Crippen LogP) is 2.44. The minimum atomic E-state index is -3.55. The van der Waals surface area contributed by atoms with Gasteiger partial charge in [-0.2, -0.15) is 8.99 Å². The summed E-state index contributed by atoms with van der Waals surface area (Å²) < 4.78 is 29.2. The van der Waals surface area contributed by atoms with Gasteiger partial charge in [-0.15, -0.1) is 5.10 Å². The van der Waals surface area contributed by atoms with Crippen molar-refractivity contribution in [3.8, 4) is 5.69 Å². The molecule has 7 nitrogen and oxygen atoms in total. The molecule has 0 bridgehead atoms. The van der Waals surface area contributed by atoms with E-state index in [0.717, 1.165) is 5.56 Å². The highest BCUT2D eigenvalue weighted by atomic mass is 32.2. The van der Waals surface area contributed by atoms with Gasteiger partial charge in [-0.05, 0) is 43.2 Å². The summed E-state index contributed by atoms with van der Waals surface area (Å²) in [4.78, 5) is 14.7. The van der Waals surface area contributed by atoms with Gasteiger partial charge < -0.3 is 4.90 Å². The molecule has 1 aliphatic heterocycles. The summed E-state index contributed by atoms with van der Waals surface area (Å²) >= 11 is 0. The van der Waals surface area contributed by atoms with E-state index in [1.165, 1.54) is 10.7 Å². The fraction of sp³-hybridized carbons (Fsp3) is 0.273. The molecule has 0 aliphatic carbocycles. The summed E-state index contributed by atoms with van der Waals surface area (Å²) in [5.74, 6) is 0.661. The molecule has 0 spiro atoms. The zero-order valence-electron chi connectivity index (χ0n) is 16.8. The minimum absolute atomic E-state index is 0.205. The summed E-state index contributed by atoms with van der Waals surface area (Å²) in [6, 6.07) is 19.5. The average Bonchev–Trinajstić information content (AvgIpc) is 3.02.